The Bertz CT molecular complexity index is 572. The van der Waals surface area contributed by atoms with Crippen LogP contribution >= 0.6 is 11.3 Å². The van der Waals surface area contributed by atoms with Crippen LogP contribution < -0.4 is 10.1 Å². The number of methoxy groups -OCH3 is 1. The van der Waals surface area contributed by atoms with Crippen molar-refractivity contribution >= 4 is 17.2 Å². The van der Waals surface area contributed by atoms with E-state index in [4.69, 9.17) is 4.74 Å². The number of ether oxygens (including phenoxy) is 1. The molecule has 0 aliphatic rings. The number of hydrogen-bond donors (Lipinski definition) is 1. The number of rotatable bonds is 5. The number of amides is 1. The van der Waals surface area contributed by atoms with Gasteiger partial charge in [-0.15, -0.1) is 11.3 Å². The molecule has 0 saturated carbocycles. The van der Waals surface area contributed by atoms with E-state index < -0.39 is 0 Å². The summed E-state index contributed by atoms with van der Waals surface area (Å²) in [5.41, 5.74) is 2.29. The van der Waals surface area contributed by atoms with Crippen LogP contribution in [0.15, 0.2) is 48.4 Å². The second-order valence-corrected chi connectivity index (χ2v) is 4.95. The van der Waals surface area contributed by atoms with Gasteiger partial charge in [-0.05, 0) is 40.8 Å². The van der Waals surface area contributed by atoms with Crippen molar-refractivity contribution in [1.29, 1.82) is 0 Å². The molecule has 0 aliphatic carbocycles. The van der Waals surface area contributed by atoms with Gasteiger partial charge in [-0.25, -0.2) is 0 Å². The number of benzene rings is 1. The van der Waals surface area contributed by atoms with Gasteiger partial charge in [0.1, 0.15) is 5.75 Å². The molecular weight excluding hydrogens is 258 g/mol. The van der Waals surface area contributed by atoms with E-state index in [0.29, 0.717) is 6.54 Å². The minimum Gasteiger partial charge on any atom is -0.497 e. The van der Waals surface area contributed by atoms with Gasteiger partial charge in [-0.2, -0.15) is 0 Å². The highest BCUT2D eigenvalue weighted by atomic mass is 32.1. The smallest absolute Gasteiger partial charge is 0.243 e. The highest BCUT2D eigenvalue weighted by Gasteiger charge is 2.03. The van der Waals surface area contributed by atoms with Crippen molar-refractivity contribution in [3.05, 3.63) is 53.2 Å². The zero-order valence-corrected chi connectivity index (χ0v) is 11.5. The molecule has 3 nitrogen and oxygen atoms in total. The Morgan fingerprint density at radius 1 is 1.37 bits per heavy atom. The molecule has 0 unspecified atom stereocenters. The molecule has 1 heterocycles. The summed E-state index contributed by atoms with van der Waals surface area (Å²) in [5, 5.41) is 4.85. The van der Waals surface area contributed by atoms with Crippen LogP contribution in [0, 0.1) is 0 Å². The molecular formula is C15H15NO2S. The first-order valence-corrected chi connectivity index (χ1v) is 6.73. The number of hydrogen-bond acceptors (Lipinski definition) is 3. The lowest BCUT2D eigenvalue weighted by Crippen LogP contribution is -2.19. The maximum absolute atomic E-state index is 11.1. The van der Waals surface area contributed by atoms with E-state index in [1.54, 1.807) is 18.4 Å². The van der Waals surface area contributed by atoms with Crippen LogP contribution in [0.2, 0.25) is 0 Å². The molecule has 2 rings (SSSR count). The summed E-state index contributed by atoms with van der Waals surface area (Å²) in [6.07, 6.45) is 1.28. The van der Waals surface area contributed by atoms with Crippen molar-refractivity contribution in [2.75, 3.05) is 7.11 Å². The molecule has 1 N–H and O–H groups in total. The van der Waals surface area contributed by atoms with Crippen LogP contribution in [0.3, 0.4) is 0 Å². The average Bonchev–Trinajstić information content (AvgIpc) is 2.93. The zero-order chi connectivity index (χ0) is 13.7. The van der Waals surface area contributed by atoms with Gasteiger partial charge in [-0.3, -0.25) is 4.79 Å². The fourth-order valence-corrected chi connectivity index (χ4v) is 2.49. The summed E-state index contributed by atoms with van der Waals surface area (Å²) in [4.78, 5) is 12.2. The van der Waals surface area contributed by atoms with E-state index in [2.05, 4.69) is 23.3 Å². The van der Waals surface area contributed by atoms with Crippen molar-refractivity contribution < 1.29 is 9.53 Å². The van der Waals surface area contributed by atoms with Gasteiger partial charge in [0, 0.05) is 4.88 Å². The van der Waals surface area contributed by atoms with E-state index in [1.807, 2.05) is 24.3 Å². The van der Waals surface area contributed by atoms with Crippen molar-refractivity contribution in [2.24, 2.45) is 0 Å². The van der Waals surface area contributed by atoms with E-state index in [9.17, 15) is 4.79 Å². The summed E-state index contributed by atoms with van der Waals surface area (Å²) in [6, 6.07) is 9.99. The summed E-state index contributed by atoms with van der Waals surface area (Å²) in [6.45, 7) is 3.95. The SMILES string of the molecule is C=CC(=O)NCc1cc(-c2ccc(OC)cc2)cs1. The second-order valence-electron chi connectivity index (χ2n) is 3.95. The summed E-state index contributed by atoms with van der Waals surface area (Å²) < 4.78 is 5.13. The molecule has 2 aromatic rings. The molecule has 0 atom stereocenters. The Morgan fingerprint density at radius 2 is 2.11 bits per heavy atom. The van der Waals surface area contributed by atoms with Crippen LogP contribution in [0.4, 0.5) is 0 Å². The minimum atomic E-state index is -0.153. The molecule has 0 radical (unpaired) electrons. The molecule has 98 valence electrons. The monoisotopic (exact) mass is 273 g/mol. The molecule has 1 aromatic heterocycles. The van der Waals surface area contributed by atoms with Crippen LogP contribution in [0.5, 0.6) is 5.75 Å². The third kappa shape index (κ3) is 3.45. The lowest BCUT2D eigenvalue weighted by atomic mass is 10.1. The predicted molar refractivity (Wildman–Crippen MR) is 78.4 cm³/mol. The maximum Gasteiger partial charge on any atom is 0.243 e. The minimum absolute atomic E-state index is 0.153. The summed E-state index contributed by atoms with van der Waals surface area (Å²) in [5.74, 6) is 0.692. The standard InChI is InChI=1S/C15H15NO2S/c1-3-15(17)16-9-14-8-12(10-19-14)11-4-6-13(18-2)7-5-11/h3-8,10H,1,9H2,2H3,(H,16,17). The van der Waals surface area contributed by atoms with Gasteiger partial charge in [0.25, 0.3) is 0 Å². The third-order valence-electron chi connectivity index (χ3n) is 2.70. The number of carbonyl (C=O) groups excluding carboxylic acids is 1. The molecule has 4 heteroatoms. The average molecular weight is 273 g/mol. The maximum atomic E-state index is 11.1. The first kappa shape index (κ1) is 13.4. The fraction of sp³-hybridized carbons (Fsp3) is 0.133. The topological polar surface area (TPSA) is 38.3 Å². The molecule has 0 fully saturated rings. The lowest BCUT2D eigenvalue weighted by Gasteiger charge is -2.01. The van der Waals surface area contributed by atoms with Gasteiger partial charge >= 0.3 is 0 Å². The zero-order valence-electron chi connectivity index (χ0n) is 10.7. The third-order valence-corrected chi connectivity index (χ3v) is 3.64. The van der Waals surface area contributed by atoms with Crippen LogP contribution in [0.25, 0.3) is 11.1 Å². The normalized spacial score (nSPS) is 9.95. The number of thiophene rings is 1. The van der Waals surface area contributed by atoms with Crippen LogP contribution in [-0.2, 0) is 11.3 Å². The van der Waals surface area contributed by atoms with Gasteiger partial charge < -0.3 is 10.1 Å². The van der Waals surface area contributed by atoms with Crippen molar-refractivity contribution in [3.8, 4) is 16.9 Å². The van der Waals surface area contributed by atoms with Gasteiger partial charge in [0.05, 0.1) is 13.7 Å². The molecule has 1 aromatic carbocycles. The highest BCUT2D eigenvalue weighted by molar-refractivity contribution is 7.10. The summed E-state index contributed by atoms with van der Waals surface area (Å²) >= 11 is 1.63. The second kappa shape index (κ2) is 6.20. The first-order chi connectivity index (χ1) is 9.22. The Hall–Kier alpha value is -2.07. The first-order valence-electron chi connectivity index (χ1n) is 5.85. The fourth-order valence-electron chi connectivity index (χ4n) is 1.65. The van der Waals surface area contributed by atoms with E-state index in [-0.39, 0.29) is 5.91 Å². The van der Waals surface area contributed by atoms with Crippen molar-refractivity contribution in [1.82, 2.24) is 5.32 Å². The van der Waals surface area contributed by atoms with Gasteiger partial charge in [0.2, 0.25) is 5.91 Å². The Labute approximate surface area is 116 Å². The predicted octanol–water partition coefficient (Wildman–Crippen LogP) is 3.23. The van der Waals surface area contributed by atoms with E-state index in [1.165, 1.54) is 6.08 Å². The van der Waals surface area contributed by atoms with Crippen LogP contribution in [-0.4, -0.2) is 13.0 Å². The Morgan fingerprint density at radius 3 is 2.74 bits per heavy atom. The molecule has 0 saturated heterocycles. The molecule has 0 spiro atoms. The lowest BCUT2D eigenvalue weighted by molar-refractivity contribution is -0.116. The van der Waals surface area contributed by atoms with Gasteiger partial charge in [0.15, 0.2) is 0 Å². The highest BCUT2D eigenvalue weighted by Crippen LogP contribution is 2.27. The molecule has 1 amide bonds. The largest absolute Gasteiger partial charge is 0.497 e. The molecule has 0 bridgehead atoms. The number of nitrogens with one attached hydrogen (secondary N) is 1. The number of carbonyl (C=O) groups is 1. The van der Waals surface area contributed by atoms with Crippen molar-refractivity contribution in [2.45, 2.75) is 6.54 Å². The molecule has 0 aliphatic heterocycles. The van der Waals surface area contributed by atoms with E-state index >= 15 is 0 Å². The van der Waals surface area contributed by atoms with Crippen LogP contribution in [0.1, 0.15) is 4.88 Å². The Kier molecular flexibility index (Phi) is 4.36. The Balaban J connectivity index is 2.07. The van der Waals surface area contributed by atoms with E-state index in [0.717, 1.165) is 21.8 Å². The summed E-state index contributed by atoms with van der Waals surface area (Å²) in [7, 11) is 1.65. The van der Waals surface area contributed by atoms with Crippen molar-refractivity contribution in [3.63, 3.8) is 0 Å². The quantitative estimate of drug-likeness (QED) is 0.849. The van der Waals surface area contributed by atoms with Gasteiger partial charge in [-0.1, -0.05) is 18.7 Å². The molecule has 19 heavy (non-hydrogen) atoms.